The lowest BCUT2D eigenvalue weighted by Gasteiger charge is -2.20. The van der Waals surface area contributed by atoms with E-state index in [4.69, 9.17) is 0 Å². The lowest BCUT2D eigenvalue weighted by molar-refractivity contribution is -0.387. The van der Waals surface area contributed by atoms with Gasteiger partial charge in [0.15, 0.2) is 4.90 Å². The van der Waals surface area contributed by atoms with Gasteiger partial charge >= 0.3 is 0 Å². The molecule has 0 aliphatic carbocycles. The van der Waals surface area contributed by atoms with Gasteiger partial charge in [-0.15, -0.1) is 0 Å². The largest absolute Gasteiger partial charge is 0.289 e. The molecule has 0 bridgehead atoms. The van der Waals surface area contributed by atoms with Gasteiger partial charge in [0.25, 0.3) is 15.7 Å². The summed E-state index contributed by atoms with van der Waals surface area (Å²) in [7, 11) is -8.16. The van der Waals surface area contributed by atoms with E-state index in [1.165, 1.54) is 24.3 Å². The first-order chi connectivity index (χ1) is 13.0. The maximum Gasteiger partial charge on any atom is 0.289 e. The number of para-hydroxylation sites is 1. The molecule has 0 radical (unpaired) electrons. The van der Waals surface area contributed by atoms with Gasteiger partial charge in [0.2, 0.25) is 10.0 Å². The Labute approximate surface area is 163 Å². The van der Waals surface area contributed by atoms with Crippen LogP contribution in [0.2, 0.25) is 0 Å². The Morgan fingerprint density at radius 1 is 1.00 bits per heavy atom. The molecule has 0 aromatic heterocycles. The summed E-state index contributed by atoms with van der Waals surface area (Å²) in [5, 5.41) is 11.2. The van der Waals surface area contributed by atoms with E-state index in [2.05, 4.69) is 0 Å². The van der Waals surface area contributed by atoms with Crippen LogP contribution in [0.1, 0.15) is 12.5 Å². The minimum atomic E-state index is -4.26. The van der Waals surface area contributed by atoms with Gasteiger partial charge in [-0.3, -0.25) is 10.1 Å². The highest BCUT2D eigenvalue weighted by molar-refractivity contribution is 7.90. The molecule has 150 valence electrons. The molecule has 2 aromatic rings. The highest BCUT2D eigenvalue weighted by atomic mass is 32.2. The summed E-state index contributed by atoms with van der Waals surface area (Å²) in [4.78, 5) is 10.1. The fourth-order valence-corrected chi connectivity index (χ4v) is 6.32. The van der Waals surface area contributed by atoms with Crippen molar-refractivity contribution in [1.29, 1.82) is 0 Å². The van der Waals surface area contributed by atoms with Crippen LogP contribution in [0, 0.1) is 17.0 Å². The van der Waals surface area contributed by atoms with Crippen LogP contribution >= 0.6 is 0 Å². The number of hydrogen-bond acceptors (Lipinski definition) is 6. The molecule has 1 saturated heterocycles. The average Bonchev–Trinajstić information content (AvgIpc) is 3.05. The van der Waals surface area contributed by atoms with E-state index in [9.17, 15) is 26.9 Å². The second kappa shape index (κ2) is 7.24. The summed E-state index contributed by atoms with van der Waals surface area (Å²) in [6.45, 7) is 2.94. The third-order valence-electron chi connectivity index (χ3n) is 4.56. The molecular weight excluding hydrogens is 406 g/mol. The van der Waals surface area contributed by atoms with Gasteiger partial charge in [0.1, 0.15) is 0 Å². The summed E-state index contributed by atoms with van der Waals surface area (Å²) in [5.74, 6) is 0. The fraction of sp³-hybridized carbons (Fsp3) is 0.294. The normalized spacial score (nSPS) is 19.0. The number of hydrogen-bond donors (Lipinski definition) is 0. The molecule has 0 N–H and O–H groups in total. The second-order valence-electron chi connectivity index (χ2n) is 6.56. The molecule has 0 amide bonds. The van der Waals surface area contributed by atoms with Crippen LogP contribution in [0.15, 0.2) is 58.3 Å². The van der Waals surface area contributed by atoms with Crippen molar-refractivity contribution in [3.05, 3.63) is 64.2 Å². The molecule has 1 aliphatic rings. The van der Waals surface area contributed by atoms with Gasteiger partial charge in [-0.25, -0.2) is 16.8 Å². The summed E-state index contributed by atoms with van der Waals surface area (Å²) in [6.07, 6.45) is 0. The zero-order valence-electron chi connectivity index (χ0n) is 15.2. The molecule has 9 nitrogen and oxygen atoms in total. The van der Waals surface area contributed by atoms with Crippen LogP contribution < -0.4 is 0 Å². The number of nitrogens with zero attached hydrogens (tertiary/aromatic N) is 3. The zero-order chi connectivity index (χ0) is 20.7. The molecule has 1 heterocycles. The Balaban J connectivity index is 1.96. The van der Waals surface area contributed by atoms with E-state index >= 15 is 0 Å². The van der Waals surface area contributed by atoms with E-state index in [-0.39, 0.29) is 11.4 Å². The number of nitro groups is 1. The number of rotatable bonds is 5. The summed E-state index contributed by atoms with van der Waals surface area (Å²) in [6, 6.07) is 10.6. The standard InChI is InChI=1S/C17H19N3O6S2/c1-13-7-9-15(10-8-13)27(23,24)18-11-14(2)19(12-18)28(25,26)17-6-4-3-5-16(17)20(21)22/h3-10,14H,11-12H2,1-2H3/t14-/m0/s1. The maximum absolute atomic E-state index is 13.0. The van der Waals surface area contributed by atoms with Crippen LogP contribution in [0.3, 0.4) is 0 Å². The van der Waals surface area contributed by atoms with Crippen molar-refractivity contribution in [2.45, 2.75) is 29.7 Å². The van der Waals surface area contributed by atoms with Crippen molar-refractivity contribution in [2.24, 2.45) is 0 Å². The van der Waals surface area contributed by atoms with Gasteiger partial charge in [0.05, 0.1) is 16.5 Å². The quantitative estimate of drug-likeness (QED) is 0.534. The lowest BCUT2D eigenvalue weighted by Crippen LogP contribution is -2.36. The number of aryl methyl sites for hydroxylation is 1. The SMILES string of the molecule is Cc1ccc(S(=O)(=O)N2C[C@H](C)N(S(=O)(=O)c3ccccc3[N+](=O)[O-])C2)cc1. The van der Waals surface area contributed by atoms with E-state index in [0.29, 0.717) is 0 Å². The molecule has 11 heteroatoms. The fourth-order valence-electron chi connectivity index (χ4n) is 3.04. The van der Waals surface area contributed by atoms with Crippen LogP contribution in [0.25, 0.3) is 0 Å². The molecule has 1 atom stereocenters. The predicted molar refractivity (Wildman–Crippen MR) is 102 cm³/mol. The molecular formula is C17H19N3O6S2. The summed E-state index contributed by atoms with van der Waals surface area (Å²) in [5.41, 5.74) is 0.351. The van der Waals surface area contributed by atoms with E-state index in [1.54, 1.807) is 19.1 Å². The van der Waals surface area contributed by atoms with Crippen molar-refractivity contribution in [3.63, 3.8) is 0 Å². The van der Waals surface area contributed by atoms with Gasteiger partial charge in [-0.2, -0.15) is 8.61 Å². The van der Waals surface area contributed by atoms with Gasteiger partial charge in [0, 0.05) is 18.7 Å². The summed E-state index contributed by atoms with van der Waals surface area (Å²) < 4.78 is 53.8. The van der Waals surface area contributed by atoms with Crippen LogP contribution in [0.5, 0.6) is 0 Å². The Hall–Kier alpha value is -2.34. The molecule has 1 fully saturated rings. The highest BCUT2D eigenvalue weighted by Crippen LogP contribution is 2.31. The van der Waals surface area contributed by atoms with Crippen molar-refractivity contribution < 1.29 is 21.8 Å². The Kier molecular flexibility index (Phi) is 5.28. The monoisotopic (exact) mass is 425 g/mol. The topological polar surface area (TPSA) is 118 Å². The number of benzene rings is 2. The minimum Gasteiger partial charge on any atom is -0.258 e. The number of sulfonamides is 2. The first-order valence-electron chi connectivity index (χ1n) is 8.37. The minimum absolute atomic E-state index is 0.0456. The molecule has 1 aliphatic heterocycles. The third-order valence-corrected chi connectivity index (χ3v) is 8.37. The molecule has 28 heavy (non-hydrogen) atoms. The Bertz CT molecular complexity index is 1110. The Morgan fingerprint density at radius 3 is 2.21 bits per heavy atom. The molecule has 0 spiro atoms. The highest BCUT2D eigenvalue weighted by Gasteiger charge is 2.43. The summed E-state index contributed by atoms with van der Waals surface area (Å²) >= 11 is 0. The molecule has 0 unspecified atom stereocenters. The van der Waals surface area contributed by atoms with E-state index in [1.807, 2.05) is 6.92 Å². The van der Waals surface area contributed by atoms with E-state index in [0.717, 1.165) is 26.3 Å². The van der Waals surface area contributed by atoms with Gasteiger partial charge < -0.3 is 0 Å². The molecule has 0 saturated carbocycles. The maximum atomic E-state index is 13.0. The smallest absolute Gasteiger partial charge is 0.258 e. The third kappa shape index (κ3) is 3.53. The molecule has 2 aromatic carbocycles. The first kappa shape index (κ1) is 20.4. The van der Waals surface area contributed by atoms with Gasteiger partial charge in [-0.05, 0) is 32.0 Å². The average molecular weight is 425 g/mol. The van der Waals surface area contributed by atoms with Crippen molar-refractivity contribution in [2.75, 3.05) is 13.2 Å². The van der Waals surface area contributed by atoms with Crippen molar-refractivity contribution >= 4 is 25.7 Å². The molecule has 3 rings (SSSR count). The van der Waals surface area contributed by atoms with Crippen molar-refractivity contribution in [1.82, 2.24) is 8.61 Å². The number of nitro benzene ring substituents is 1. The predicted octanol–water partition coefficient (Wildman–Crippen LogP) is 1.94. The van der Waals surface area contributed by atoms with Crippen LogP contribution in [-0.2, 0) is 20.0 Å². The lowest BCUT2D eigenvalue weighted by atomic mass is 10.2. The first-order valence-corrected chi connectivity index (χ1v) is 11.3. The van der Waals surface area contributed by atoms with Crippen molar-refractivity contribution in [3.8, 4) is 0 Å². The van der Waals surface area contributed by atoms with E-state index < -0.39 is 48.3 Å². The van der Waals surface area contributed by atoms with Crippen LogP contribution in [0.4, 0.5) is 5.69 Å². The Morgan fingerprint density at radius 2 is 1.61 bits per heavy atom. The van der Waals surface area contributed by atoms with Gasteiger partial charge in [-0.1, -0.05) is 29.8 Å². The zero-order valence-corrected chi connectivity index (χ0v) is 16.9. The van der Waals surface area contributed by atoms with Crippen LogP contribution in [-0.4, -0.2) is 49.6 Å². The second-order valence-corrected chi connectivity index (χ2v) is 10.4.